The van der Waals surface area contributed by atoms with Crippen LogP contribution in [-0.4, -0.2) is 28.9 Å². The van der Waals surface area contributed by atoms with Crippen molar-refractivity contribution < 1.29 is 22.0 Å². The van der Waals surface area contributed by atoms with E-state index in [1.54, 1.807) is 43.4 Å². The molecule has 0 saturated carbocycles. The number of amides is 1. The first-order chi connectivity index (χ1) is 18.2. The maximum atomic E-state index is 13.4. The number of oxazole rings is 1. The Hall–Kier alpha value is -4.84. The molecule has 0 aliphatic heterocycles. The van der Waals surface area contributed by atoms with Crippen LogP contribution in [0.5, 0.6) is 0 Å². The third-order valence-electron chi connectivity index (χ3n) is 5.79. The van der Waals surface area contributed by atoms with Crippen LogP contribution in [0.4, 0.5) is 21.5 Å². The minimum Gasteiger partial charge on any atom is -0.427 e. The van der Waals surface area contributed by atoms with Gasteiger partial charge in [0, 0.05) is 29.7 Å². The SMILES string of the molecule is Cc1ccc(NC(=O)c2nc([SH](=O)=O)oc2-c2ccc(F)cc2)cc1Nc1ccc2ncn(C)c(=O)c2c1. The Morgan fingerprint density at radius 3 is 2.50 bits per heavy atom. The van der Waals surface area contributed by atoms with E-state index in [0.29, 0.717) is 28.0 Å². The molecule has 2 heterocycles. The summed E-state index contributed by atoms with van der Waals surface area (Å²) in [5.41, 5.74) is 2.97. The zero-order chi connectivity index (χ0) is 27.0. The number of fused-ring (bicyclic) bond motifs is 1. The van der Waals surface area contributed by atoms with Gasteiger partial charge < -0.3 is 19.6 Å². The zero-order valence-corrected chi connectivity index (χ0v) is 21.0. The molecule has 0 aliphatic rings. The lowest BCUT2D eigenvalue weighted by molar-refractivity contribution is 0.102. The van der Waals surface area contributed by atoms with Crippen molar-refractivity contribution in [2.45, 2.75) is 12.1 Å². The highest BCUT2D eigenvalue weighted by molar-refractivity contribution is 7.72. The molecule has 5 rings (SSSR count). The monoisotopic (exact) mass is 533 g/mol. The third kappa shape index (κ3) is 4.89. The molecule has 0 fully saturated rings. The van der Waals surface area contributed by atoms with Gasteiger partial charge in [0.25, 0.3) is 11.5 Å². The lowest BCUT2D eigenvalue weighted by atomic mass is 10.1. The van der Waals surface area contributed by atoms with Crippen molar-refractivity contribution in [3.05, 3.63) is 94.4 Å². The second-order valence-electron chi connectivity index (χ2n) is 8.44. The van der Waals surface area contributed by atoms with Crippen molar-refractivity contribution in [1.29, 1.82) is 0 Å². The second-order valence-corrected chi connectivity index (χ2v) is 9.34. The summed E-state index contributed by atoms with van der Waals surface area (Å²) in [7, 11) is -1.57. The molecule has 0 atom stereocenters. The Bertz CT molecular complexity index is 1840. The molecule has 1 amide bonds. The first kappa shape index (κ1) is 24.8. The number of benzene rings is 3. The average molecular weight is 534 g/mol. The molecule has 0 unspecified atom stereocenters. The van der Waals surface area contributed by atoms with Gasteiger partial charge in [-0.3, -0.25) is 9.59 Å². The van der Waals surface area contributed by atoms with Crippen molar-refractivity contribution in [2.24, 2.45) is 7.05 Å². The van der Waals surface area contributed by atoms with E-state index in [2.05, 4.69) is 20.6 Å². The third-order valence-corrected chi connectivity index (χ3v) is 6.29. The van der Waals surface area contributed by atoms with E-state index in [-0.39, 0.29) is 22.6 Å². The van der Waals surface area contributed by atoms with Gasteiger partial charge in [0.1, 0.15) is 5.82 Å². The van der Waals surface area contributed by atoms with E-state index in [0.717, 1.165) is 17.7 Å². The van der Waals surface area contributed by atoms with Crippen LogP contribution >= 0.6 is 0 Å². The van der Waals surface area contributed by atoms with Gasteiger partial charge in [0.15, 0.2) is 11.5 Å². The molecule has 2 aromatic heterocycles. The van der Waals surface area contributed by atoms with E-state index in [1.807, 2.05) is 6.92 Å². The molecule has 5 aromatic rings. The van der Waals surface area contributed by atoms with E-state index in [4.69, 9.17) is 4.42 Å². The Labute approximate surface area is 216 Å². The predicted molar refractivity (Wildman–Crippen MR) is 140 cm³/mol. The molecule has 3 aromatic carbocycles. The van der Waals surface area contributed by atoms with Crippen LogP contribution in [0.15, 0.2) is 81.4 Å². The molecule has 10 nitrogen and oxygen atoms in total. The van der Waals surface area contributed by atoms with Crippen LogP contribution in [-0.2, 0) is 17.8 Å². The normalized spacial score (nSPS) is 11.2. The van der Waals surface area contributed by atoms with Crippen LogP contribution in [0, 0.1) is 12.7 Å². The smallest absolute Gasteiger partial charge is 0.313 e. The quantitative estimate of drug-likeness (QED) is 0.279. The summed E-state index contributed by atoms with van der Waals surface area (Å²) in [6.45, 7) is 1.87. The summed E-state index contributed by atoms with van der Waals surface area (Å²) in [4.78, 5) is 33.7. The number of nitrogens with zero attached hydrogens (tertiary/aromatic N) is 3. The first-order valence-corrected chi connectivity index (χ1v) is 12.4. The van der Waals surface area contributed by atoms with Gasteiger partial charge in [-0.05, 0) is 67.1 Å². The number of aromatic nitrogens is 3. The number of anilines is 3. The van der Waals surface area contributed by atoms with Crippen LogP contribution in [0.1, 0.15) is 16.1 Å². The Morgan fingerprint density at radius 2 is 1.76 bits per heavy atom. The van der Waals surface area contributed by atoms with Gasteiger partial charge in [-0.2, -0.15) is 4.98 Å². The van der Waals surface area contributed by atoms with Gasteiger partial charge in [-0.15, -0.1) is 0 Å². The standard InChI is InChI=1S/C26H20FN5O5S/c1-14-3-8-18(12-21(14)29-17-9-10-20-19(11-17)25(34)32(2)13-28-20)30-24(33)22-23(37-26(31-22)38(35)36)15-4-6-16(27)7-5-15/h3-13,29,38H,1-2H3,(H,30,33). The molecule has 0 radical (unpaired) electrons. The Kier molecular flexibility index (Phi) is 6.47. The second kappa shape index (κ2) is 9.90. The minimum absolute atomic E-state index is 0.103. The van der Waals surface area contributed by atoms with E-state index in [9.17, 15) is 22.4 Å². The maximum Gasteiger partial charge on any atom is 0.313 e. The molecular formula is C26H20FN5O5S. The van der Waals surface area contributed by atoms with Gasteiger partial charge in [-0.1, -0.05) is 6.07 Å². The average Bonchev–Trinajstić information content (AvgIpc) is 3.35. The molecule has 0 aliphatic carbocycles. The maximum absolute atomic E-state index is 13.4. The number of halogens is 1. The number of carbonyl (C=O) groups excluding carboxylic acids is 1. The number of carbonyl (C=O) groups is 1. The number of nitrogens with one attached hydrogen (secondary N) is 2. The molecule has 0 spiro atoms. The summed E-state index contributed by atoms with van der Waals surface area (Å²) in [6.07, 6.45) is 1.46. The van der Waals surface area contributed by atoms with Gasteiger partial charge in [0.2, 0.25) is 10.7 Å². The number of hydrogen-bond donors (Lipinski definition) is 3. The number of thiol groups is 1. The van der Waals surface area contributed by atoms with Crippen LogP contribution in [0.3, 0.4) is 0 Å². The van der Waals surface area contributed by atoms with Crippen molar-refractivity contribution in [2.75, 3.05) is 10.6 Å². The van der Waals surface area contributed by atoms with Gasteiger partial charge in [-0.25, -0.2) is 17.8 Å². The predicted octanol–water partition coefficient (Wildman–Crippen LogP) is 4.00. The number of hydrogen-bond acceptors (Lipinski definition) is 8. The summed E-state index contributed by atoms with van der Waals surface area (Å²) in [5.74, 6) is -1.32. The molecule has 0 saturated heterocycles. The fourth-order valence-electron chi connectivity index (χ4n) is 3.81. The highest BCUT2D eigenvalue weighted by Gasteiger charge is 2.23. The van der Waals surface area contributed by atoms with Crippen LogP contribution in [0.2, 0.25) is 0 Å². The molecule has 38 heavy (non-hydrogen) atoms. The van der Waals surface area contributed by atoms with Crippen LogP contribution in [0.25, 0.3) is 22.2 Å². The molecule has 12 heteroatoms. The lowest BCUT2D eigenvalue weighted by Crippen LogP contribution is -2.16. The lowest BCUT2D eigenvalue weighted by Gasteiger charge is -2.13. The first-order valence-electron chi connectivity index (χ1n) is 11.2. The van der Waals surface area contributed by atoms with E-state index < -0.39 is 27.7 Å². The molecular weight excluding hydrogens is 513 g/mol. The van der Waals surface area contributed by atoms with Gasteiger partial charge >= 0.3 is 5.22 Å². The van der Waals surface area contributed by atoms with Crippen molar-refractivity contribution in [3.8, 4) is 11.3 Å². The molecule has 0 bridgehead atoms. The minimum atomic E-state index is -3.20. The van der Waals surface area contributed by atoms with Crippen molar-refractivity contribution in [3.63, 3.8) is 0 Å². The number of aryl methyl sites for hydroxylation is 2. The summed E-state index contributed by atoms with van der Waals surface area (Å²) >= 11 is 0. The molecule has 2 N–H and O–H groups in total. The highest BCUT2D eigenvalue weighted by Crippen LogP contribution is 2.29. The van der Waals surface area contributed by atoms with Crippen molar-refractivity contribution >= 4 is 44.6 Å². The van der Waals surface area contributed by atoms with Crippen LogP contribution < -0.4 is 16.2 Å². The summed E-state index contributed by atoms with van der Waals surface area (Å²) in [5, 5.41) is 5.77. The fraction of sp³-hybridized carbons (Fsp3) is 0.0769. The van der Waals surface area contributed by atoms with Gasteiger partial charge in [0.05, 0.1) is 17.2 Å². The molecule has 192 valence electrons. The largest absolute Gasteiger partial charge is 0.427 e. The topological polar surface area (TPSA) is 136 Å². The highest BCUT2D eigenvalue weighted by atomic mass is 32.2. The zero-order valence-electron chi connectivity index (χ0n) is 20.1. The fourth-order valence-corrected chi connectivity index (χ4v) is 4.15. The van der Waals surface area contributed by atoms with E-state index >= 15 is 0 Å². The Balaban J connectivity index is 1.44. The Morgan fingerprint density at radius 1 is 1.03 bits per heavy atom. The summed E-state index contributed by atoms with van der Waals surface area (Å²) < 4.78 is 43.0. The van der Waals surface area contributed by atoms with Crippen molar-refractivity contribution in [1.82, 2.24) is 14.5 Å². The summed E-state index contributed by atoms with van der Waals surface area (Å²) in [6, 6.07) is 15.4. The number of rotatable bonds is 6. The van der Waals surface area contributed by atoms with E-state index in [1.165, 1.54) is 23.0 Å².